The van der Waals surface area contributed by atoms with Gasteiger partial charge in [0.25, 0.3) is 17.7 Å². The number of primary amides is 1. The second kappa shape index (κ2) is 7.93. The van der Waals surface area contributed by atoms with Gasteiger partial charge in [-0.1, -0.05) is 0 Å². The average molecular weight is 395 g/mol. The molecule has 0 fully saturated rings. The minimum atomic E-state index is -0.799. The molecule has 0 aliphatic carbocycles. The van der Waals surface area contributed by atoms with Crippen molar-refractivity contribution in [3.05, 3.63) is 77.1 Å². The molecule has 0 unspecified atom stereocenters. The number of carbonyl (C=O) groups excluding carboxylic acids is 3. The normalized spacial score (nSPS) is 10.4. The van der Waals surface area contributed by atoms with Gasteiger partial charge in [0.1, 0.15) is 17.8 Å². The number of nitrogens with one attached hydrogen (secondary N) is 2. The van der Waals surface area contributed by atoms with E-state index in [1.54, 1.807) is 25.1 Å². The maximum Gasteiger partial charge on any atom is 0.272 e. The summed E-state index contributed by atoms with van der Waals surface area (Å²) in [4.78, 5) is 40.1. The van der Waals surface area contributed by atoms with Crippen LogP contribution in [0.3, 0.4) is 0 Å². The van der Waals surface area contributed by atoms with Crippen molar-refractivity contribution in [3.63, 3.8) is 0 Å². The predicted octanol–water partition coefficient (Wildman–Crippen LogP) is 2.03. The number of halogens is 1. The zero-order valence-corrected chi connectivity index (χ0v) is 15.7. The Hall–Kier alpha value is -4.01. The maximum absolute atomic E-state index is 13.0. The molecule has 4 N–H and O–H groups in total. The third-order valence-corrected chi connectivity index (χ3v) is 4.29. The highest BCUT2D eigenvalue weighted by molar-refractivity contribution is 6.05. The molecular weight excluding hydrogens is 377 g/mol. The first-order chi connectivity index (χ1) is 13.8. The monoisotopic (exact) mass is 395 g/mol. The summed E-state index contributed by atoms with van der Waals surface area (Å²) in [7, 11) is 1.43. The Morgan fingerprint density at radius 1 is 1.07 bits per heavy atom. The van der Waals surface area contributed by atoms with Crippen LogP contribution in [0.1, 0.15) is 36.9 Å². The largest absolute Gasteiger partial charge is 0.364 e. The van der Waals surface area contributed by atoms with Crippen LogP contribution in [-0.2, 0) is 0 Å². The molecule has 3 amide bonds. The molecule has 1 aromatic heterocycles. The standard InChI is InChI=1S/C20H18FN5O3/c1-11-9-14(26-10-24-16(20(29)23-2)17(26)18(22)27)7-8-15(11)25-19(28)12-3-5-13(21)6-4-12/h3-10H,1-2H3,(H2,22,27)(H,23,29)(H,25,28). The Morgan fingerprint density at radius 2 is 1.76 bits per heavy atom. The third kappa shape index (κ3) is 3.98. The Bertz CT molecular complexity index is 1110. The number of nitrogens with two attached hydrogens (primary N) is 1. The van der Waals surface area contributed by atoms with Crippen molar-refractivity contribution in [3.8, 4) is 5.69 Å². The SMILES string of the molecule is CNC(=O)c1ncn(-c2ccc(NC(=O)c3ccc(F)cc3)c(C)c2)c1C(N)=O. The molecule has 0 atom stereocenters. The lowest BCUT2D eigenvalue weighted by Gasteiger charge is -2.12. The number of imidazole rings is 1. The van der Waals surface area contributed by atoms with Crippen molar-refractivity contribution < 1.29 is 18.8 Å². The summed E-state index contributed by atoms with van der Waals surface area (Å²) in [6.07, 6.45) is 1.33. The molecule has 3 aromatic rings. The number of carbonyl (C=O) groups is 3. The number of amides is 3. The molecule has 1 heterocycles. The molecule has 2 aromatic carbocycles. The third-order valence-electron chi connectivity index (χ3n) is 4.29. The van der Waals surface area contributed by atoms with Crippen molar-refractivity contribution in [2.75, 3.05) is 12.4 Å². The first-order valence-corrected chi connectivity index (χ1v) is 8.59. The van der Waals surface area contributed by atoms with Crippen LogP contribution in [-0.4, -0.2) is 34.3 Å². The van der Waals surface area contributed by atoms with Gasteiger partial charge < -0.3 is 16.4 Å². The minimum Gasteiger partial charge on any atom is -0.364 e. The molecule has 0 saturated carbocycles. The molecule has 8 nitrogen and oxygen atoms in total. The first kappa shape index (κ1) is 19.7. The Labute approximate surface area is 165 Å². The van der Waals surface area contributed by atoms with Gasteiger partial charge in [-0.2, -0.15) is 0 Å². The zero-order chi connectivity index (χ0) is 21.1. The minimum absolute atomic E-state index is 0.0492. The van der Waals surface area contributed by atoms with Crippen molar-refractivity contribution in [1.82, 2.24) is 14.9 Å². The van der Waals surface area contributed by atoms with Crippen LogP contribution in [0.15, 0.2) is 48.8 Å². The van der Waals surface area contributed by atoms with Crippen LogP contribution in [0, 0.1) is 12.7 Å². The molecule has 0 saturated heterocycles. The van der Waals surface area contributed by atoms with Gasteiger partial charge in [0.05, 0.1) is 0 Å². The van der Waals surface area contributed by atoms with Crippen molar-refractivity contribution in [2.24, 2.45) is 5.73 Å². The second-order valence-corrected chi connectivity index (χ2v) is 6.22. The summed E-state index contributed by atoms with van der Waals surface area (Å²) in [5, 5.41) is 5.16. The van der Waals surface area contributed by atoms with Crippen molar-refractivity contribution >= 4 is 23.4 Å². The van der Waals surface area contributed by atoms with E-state index in [1.165, 1.54) is 42.2 Å². The molecule has 9 heteroatoms. The number of aromatic nitrogens is 2. The summed E-state index contributed by atoms with van der Waals surface area (Å²) in [5.74, 6) is -2.14. The van der Waals surface area contributed by atoms with Gasteiger partial charge in [-0.25, -0.2) is 9.37 Å². The highest BCUT2D eigenvalue weighted by Crippen LogP contribution is 2.22. The van der Waals surface area contributed by atoms with Crippen LogP contribution >= 0.6 is 0 Å². The number of hydrogen-bond donors (Lipinski definition) is 3. The van der Waals surface area contributed by atoms with Gasteiger partial charge in [-0.05, 0) is 55.0 Å². The fourth-order valence-corrected chi connectivity index (χ4v) is 2.80. The number of benzene rings is 2. The molecule has 0 bridgehead atoms. The van der Waals surface area contributed by atoms with Crippen LogP contribution in [0.5, 0.6) is 0 Å². The van der Waals surface area contributed by atoms with Gasteiger partial charge in [0.2, 0.25) is 0 Å². The summed E-state index contributed by atoms with van der Waals surface area (Å²) >= 11 is 0. The van der Waals surface area contributed by atoms with E-state index in [-0.39, 0.29) is 17.3 Å². The quantitative estimate of drug-likeness (QED) is 0.612. The van der Waals surface area contributed by atoms with E-state index >= 15 is 0 Å². The van der Waals surface area contributed by atoms with Gasteiger partial charge >= 0.3 is 0 Å². The van der Waals surface area contributed by atoms with E-state index in [2.05, 4.69) is 15.6 Å². The summed E-state index contributed by atoms with van der Waals surface area (Å²) in [5.41, 5.74) is 7.40. The zero-order valence-electron chi connectivity index (χ0n) is 15.7. The van der Waals surface area contributed by atoms with Crippen molar-refractivity contribution in [1.29, 1.82) is 0 Å². The Balaban J connectivity index is 1.91. The summed E-state index contributed by atoms with van der Waals surface area (Å²) in [6, 6.07) is 10.2. The number of rotatable bonds is 5. The average Bonchev–Trinajstić information content (AvgIpc) is 3.15. The highest BCUT2D eigenvalue weighted by Gasteiger charge is 2.22. The number of anilines is 1. The van der Waals surface area contributed by atoms with E-state index in [4.69, 9.17) is 5.73 Å². The van der Waals surface area contributed by atoms with Crippen molar-refractivity contribution in [2.45, 2.75) is 6.92 Å². The second-order valence-electron chi connectivity index (χ2n) is 6.22. The first-order valence-electron chi connectivity index (χ1n) is 8.59. The van der Waals surface area contributed by atoms with E-state index in [0.717, 1.165) is 0 Å². The molecule has 0 aliphatic rings. The summed E-state index contributed by atoms with van der Waals surface area (Å²) in [6.45, 7) is 1.77. The lowest BCUT2D eigenvalue weighted by molar-refractivity contribution is 0.0937. The molecule has 0 aliphatic heterocycles. The fraction of sp³-hybridized carbons (Fsp3) is 0.100. The van der Waals surface area contributed by atoms with Gasteiger partial charge in [0.15, 0.2) is 5.69 Å². The molecular formula is C20H18FN5O3. The lowest BCUT2D eigenvalue weighted by Crippen LogP contribution is -2.25. The predicted molar refractivity (Wildman–Crippen MR) is 105 cm³/mol. The van der Waals surface area contributed by atoms with Gasteiger partial charge in [-0.15, -0.1) is 0 Å². The van der Waals surface area contributed by atoms with E-state index < -0.39 is 17.6 Å². The molecule has 0 radical (unpaired) electrons. The molecule has 29 heavy (non-hydrogen) atoms. The maximum atomic E-state index is 13.0. The smallest absolute Gasteiger partial charge is 0.272 e. The number of hydrogen-bond acceptors (Lipinski definition) is 4. The molecule has 3 rings (SSSR count). The number of aryl methyl sites for hydroxylation is 1. The summed E-state index contributed by atoms with van der Waals surface area (Å²) < 4.78 is 14.4. The van der Waals surface area contributed by atoms with E-state index in [0.29, 0.717) is 22.5 Å². The van der Waals surface area contributed by atoms with Crippen LogP contribution in [0.2, 0.25) is 0 Å². The fourth-order valence-electron chi connectivity index (χ4n) is 2.80. The molecule has 148 valence electrons. The topological polar surface area (TPSA) is 119 Å². The van der Waals surface area contributed by atoms with E-state index in [1.807, 2.05) is 0 Å². The van der Waals surface area contributed by atoms with Crippen LogP contribution in [0.25, 0.3) is 5.69 Å². The van der Waals surface area contributed by atoms with Gasteiger partial charge in [-0.3, -0.25) is 19.0 Å². The molecule has 0 spiro atoms. The Morgan fingerprint density at radius 3 is 2.34 bits per heavy atom. The lowest BCUT2D eigenvalue weighted by atomic mass is 10.1. The van der Waals surface area contributed by atoms with Crippen LogP contribution in [0.4, 0.5) is 10.1 Å². The van der Waals surface area contributed by atoms with Crippen LogP contribution < -0.4 is 16.4 Å². The highest BCUT2D eigenvalue weighted by atomic mass is 19.1. The van der Waals surface area contributed by atoms with Gasteiger partial charge in [0, 0.05) is 24.0 Å². The van der Waals surface area contributed by atoms with E-state index in [9.17, 15) is 18.8 Å². The Kier molecular flexibility index (Phi) is 5.40. The number of nitrogens with zero attached hydrogens (tertiary/aromatic N) is 2.